The van der Waals surface area contributed by atoms with Crippen molar-refractivity contribution >= 4 is 19.3 Å². The molecule has 0 radical (unpaired) electrons. The van der Waals surface area contributed by atoms with E-state index in [9.17, 15) is 13.8 Å². The predicted molar refractivity (Wildman–Crippen MR) is 115 cm³/mol. The molecule has 1 N–H and O–H groups in total. The van der Waals surface area contributed by atoms with Crippen molar-refractivity contribution in [3.8, 4) is 0 Å². The van der Waals surface area contributed by atoms with Gasteiger partial charge in [-0.3, -0.25) is 4.57 Å². The molecule has 2 rings (SSSR count). The molecule has 0 bridgehead atoms. The monoisotopic (exact) mass is 437 g/mol. The van der Waals surface area contributed by atoms with Gasteiger partial charge in [0, 0.05) is 5.69 Å². The minimum atomic E-state index is -3.71. The summed E-state index contributed by atoms with van der Waals surface area (Å²) in [4.78, 5) is 11.9. The van der Waals surface area contributed by atoms with Crippen LogP contribution in [0.4, 0.5) is 10.1 Å². The van der Waals surface area contributed by atoms with E-state index in [1.807, 2.05) is 0 Å². The van der Waals surface area contributed by atoms with Crippen molar-refractivity contribution in [1.82, 2.24) is 0 Å². The highest BCUT2D eigenvalue weighted by molar-refractivity contribution is 7.54. The minimum absolute atomic E-state index is 0.285. The Morgan fingerprint density at radius 1 is 0.967 bits per heavy atom. The first-order valence-corrected chi connectivity index (χ1v) is 11.5. The van der Waals surface area contributed by atoms with Gasteiger partial charge in [0.05, 0.1) is 24.4 Å². The molecule has 1 atom stereocenters. The van der Waals surface area contributed by atoms with Gasteiger partial charge in [-0.2, -0.15) is 0 Å². The Bertz CT molecular complexity index is 854. The Kier molecular flexibility index (Phi) is 8.59. The molecule has 0 saturated heterocycles. The highest BCUT2D eigenvalue weighted by Crippen LogP contribution is 2.62. The largest absolute Gasteiger partial charge is 0.462 e. The van der Waals surface area contributed by atoms with E-state index in [4.69, 9.17) is 13.8 Å². The molecule has 6 nitrogen and oxygen atoms in total. The highest BCUT2D eigenvalue weighted by Gasteiger charge is 2.39. The standard InChI is InChI=1S/C22H29FNO5P/c1-6-27-22(25)18-9-13-20(14-10-18)24-21(17-7-11-19(23)12-8-17)30(26,28-15(2)3)29-16(4)5/h7-16,21,24H,6H2,1-5H3. The number of carbonyl (C=O) groups excluding carboxylic acids is 1. The van der Waals surface area contributed by atoms with Gasteiger partial charge in [0.25, 0.3) is 0 Å². The van der Waals surface area contributed by atoms with Crippen LogP contribution >= 0.6 is 7.60 Å². The third-order valence-electron chi connectivity index (χ3n) is 3.92. The molecule has 0 saturated carbocycles. The third kappa shape index (κ3) is 6.66. The SMILES string of the molecule is CCOC(=O)c1ccc(NC(c2ccc(F)cc2)P(=O)(OC(C)C)OC(C)C)cc1. The molecule has 0 aromatic heterocycles. The first kappa shape index (κ1) is 24.1. The van der Waals surface area contributed by atoms with Crippen LogP contribution in [0.1, 0.15) is 56.3 Å². The zero-order valence-electron chi connectivity index (χ0n) is 17.9. The van der Waals surface area contributed by atoms with Crippen molar-refractivity contribution in [2.24, 2.45) is 0 Å². The number of benzene rings is 2. The fourth-order valence-electron chi connectivity index (χ4n) is 2.80. The summed E-state index contributed by atoms with van der Waals surface area (Å²) in [6, 6.07) is 12.3. The molecule has 2 aromatic carbocycles. The summed E-state index contributed by atoms with van der Waals surface area (Å²) in [5, 5.41) is 3.18. The fourth-order valence-corrected chi connectivity index (χ4v) is 5.11. The van der Waals surface area contributed by atoms with Gasteiger partial charge in [-0.1, -0.05) is 12.1 Å². The molecule has 0 heterocycles. The molecule has 164 valence electrons. The number of hydrogen-bond acceptors (Lipinski definition) is 6. The normalized spacial score (nSPS) is 12.8. The van der Waals surface area contributed by atoms with Crippen LogP contribution in [0.2, 0.25) is 0 Å². The second kappa shape index (κ2) is 10.7. The van der Waals surface area contributed by atoms with Crippen LogP contribution in [0, 0.1) is 5.82 Å². The van der Waals surface area contributed by atoms with Crippen LogP contribution in [0.3, 0.4) is 0 Å². The van der Waals surface area contributed by atoms with Gasteiger partial charge in [0.1, 0.15) is 5.82 Å². The number of halogens is 1. The zero-order valence-corrected chi connectivity index (χ0v) is 18.8. The Morgan fingerprint density at radius 3 is 1.97 bits per heavy atom. The van der Waals surface area contributed by atoms with E-state index >= 15 is 0 Å². The van der Waals surface area contributed by atoms with Crippen molar-refractivity contribution in [2.45, 2.75) is 52.6 Å². The first-order valence-electron chi connectivity index (χ1n) is 9.90. The molecular weight excluding hydrogens is 408 g/mol. The number of rotatable bonds is 10. The number of hydrogen-bond donors (Lipinski definition) is 1. The maximum Gasteiger partial charge on any atom is 0.357 e. The lowest BCUT2D eigenvalue weighted by Crippen LogP contribution is -2.19. The highest BCUT2D eigenvalue weighted by atomic mass is 31.2. The zero-order chi connectivity index (χ0) is 22.3. The average Bonchev–Trinajstić information content (AvgIpc) is 2.66. The van der Waals surface area contributed by atoms with Gasteiger partial charge in [-0.05, 0) is 76.6 Å². The number of ether oxygens (including phenoxy) is 1. The number of nitrogens with one attached hydrogen (secondary N) is 1. The lowest BCUT2D eigenvalue weighted by Gasteiger charge is -2.31. The molecule has 8 heteroatoms. The van der Waals surface area contributed by atoms with Gasteiger partial charge >= 0.3 is 13.6 Å². The average molecular weight is 437 g/mol. The Labute approximate surface area is 177 Å². The van der Waals surface area contributed by atoms with Gasteiger partial charge in [-0.15, -0.1) is 0 Å². The van der Waals surface area contributed by atoms with Gasteiger partial charge in [0.2, 0.25) is 0 Å². The third-order valence-corrected chi connectivity index (χ3v) is 6.41. The summed E-state index contributed by atoms with van der Waals surface area (Å²) in [5.74, 6) is -1.70. The molecule has 0 amide bonds. The second-order valence-electron chi connectivity index (χ2n) is 7.24. The van der Waals surface area contributed by atoms with Crippen LogP contribution in [0.15, 0.2) is 48.5 Å². The van der Waals surface area contributed by atoms with Crippen LogP contribution < -0.4 is 5.32 Å². The fraction of sp³-hybridized carbons (Fsp3) is 0.409. The molecule has 0 spiro atoms. The van der Waals surface area contributed by atoms with Crippen LogP contribution in [-0.4, -0.2) is 24.8 Å². The summed E-state index contributed by atoms with van der Waals surface area (Å²) in [6.07, 6.45) is -0.712. The molecule has 0 aliphatic heterocycles. The predicted octanol–water partition coefficient (Wildman–Crippen LogP) is 6.16. The van der Waals surface area contributed by atoms with Crippen molar-refractivity contribution in [1.29, 1.82) is 0 Å². The smallest absolute Gasteiger partial charge is 0.357 e. The Hall–Kier alpha value is -2.21. The lowest BCUT2D eigenvalue weighted by atomic mass is 10.2. The van der Waals surface area contributed by atoms with E-state index < -0.39 is 25.2 Å². The van der Waals surface area contributed by atoms with E-state index in [-0.39, 0.29) is 18.8 Å². The molecular formula is C22H29FNO5P. The van der Waals surface area contributed by atoms with Crippen molar-refractivity contribution in [2.75, 3.05) is 11.9 Å². The van der Waals surface area contributed by atoms with Gasteiger partial charge in [0.15, 0.2) is 5.78 Å². The molecule has 2 aromatic rings. The van der Waals surface area contributed by atoms with Crippen LogP contribution in [0.5, 0.6) is 0 Å². The van der Waals surface area contributed by atoms with E-state index in [0.717, 1.165) is 0 Å². The van der Waals surface area contributed by atoms with Crippen molar-refractivity contribution < 1.29 is 27.5 Å². The van der Waals surface area contributed by atoms with Crippen LogP contribution in [-0.2, 0) is 18.3 Å². The number of esters is 1. The van der Waals surface area contributed by atoms with Gasteiger partial charge < -0.3 is 19.1 Å². The summed E-state index contributed by atoms with van der Waals surface area (Å²) in [6.45, 7) is 9.10. The first-order chi connectivity index (χ1) is 14.1. The van der Waals surface area contributed by atoms with Crippen molar-refractivity contribution in [3.05, 3.63) is 65.5 Å². The van der Waals surface area contributed by atoms with Crippen molar-refractivity contribution in [3.63, 3.8) is 0 Å². The lowest BCUT2D eigenvalue weighted by molar-refractivity contribution is 0.0526. The van der Waals surface area contributed by atoms with Gasteiger partial charge in [-0.25, -0.2) is 9.18 Å². The number of carbonyl (C=O) groups is 1. The van der Waals surface area contributed by atoms with E-state index in [1.54, 1.807) is 71.0 Å². The van der Waals surface area contributed by atoms with E-state index in [1.165, 1.54) is 12.1 Å². The van der Waals surface area contributed by atoms with Crippen LogP contribution in [0.25, 0.3) is 0 Å². The topological polar surface area (TPSA) is 73.9 Å². The summed E-state index contributed by atoms with van der Waals surface area (Å²) in [5.41, 5.74) is 1.55. The van der Waals surface area contributed by atoms with E-state index in [2.05, 4.69) is 5.32 Å². The second-order valence-corrected chi connectivity index (χ2v) is 9.26. The maximum atomic E-state index is 13.8. The quantitative estimate of drug-likeness (QED) is 0.355. The van der Waals surface area contributed by atoms with E-state index in [0.29, 0.717) is 16.8 Å². The molecule has 0 fully saturated rings. The summed E-state index contributed by atoms with van der Waals surface area (Å²) in [7, 11) is -3.71. The Balaban J connectivity index is 2.41. The maximum absolute atomic E-state index is 13.8. The number of anilines is 1. The molecule has 0 aliphatic carbocycles. The minimum Gasteiger partial charge on any atom is -0.462 e. The Morgan fingerprint density at radius 2 is 1.50 bits per heavy atom. The summed E-state index contributed by atoms with van der Waals surface area (Å²) >= 11 is 0. The molecule has 1 unspecified atom stereocenters. The molecule has 0 aliphatic rings. The molecule has 30 heavy (non-hydrogen) atoms. The summed E-state index contributed by atoms with van der Waals surface area (Å²) < 4.78 is 43.8.